The average molecular weight is 886 g/mol. The van der Waals surface area contributed by atoms with Crippen molar-refractivity contribution in [3.63, 3.8) is 0 Å². The van der Waals surface area contributed by atoms with Gasteiger partial charge in [0, 0.05) is 89.2 Å². The fourth-order valence-electron chi connectivity index (χ4n) is 10.0. The Morgan fingerprint density at radius 2 is 1.27 bits per heavy atom. The largest absolute Gasteiger partial charge is 0.474 e. The van der Waals surface area contributed by atoms with Crippen molar-refractivity contribution in [2.24, 2.45) is 17.8 Å². The number of anilines is 3. The molecule has 4 aliphatic rings. The van der Waals surface area contributed by atoms with Crippen LogP contribution in [0, 0.1) is 28.6 Å². The zero-order chi connectivity index (χ0) is 46.0. The topological polar surface area (TPSA) is 189 Å². The Kier molecular flexibility index (Phi) is 20.6. The van der Waals surface area contributed by atoms with Crippen molar-refractivity contribution < 1.29 is 14.3 Å². The van der Waals surface area contributed by atoms with Crippen molar-refractivity contribution >= 4 is 40.7 Å². The third-order valence-corrected chi connectivity index (χ3v) is 13.7. The molecule has 2 saturated heterocycles. The lowest BCUT2D eigenvalue weighted by Crippen LogP contribution is -2.47. The molecule has 2 amide bonds. The molecule has 2 aliphatic carbocycles. The van der Waals surface area contributed by atoms with Gasteiger partial charge in [-0.3, -0.25) is 20.4 Å². The van der Waals surface area contributed by atoms with Crippen molar-refractivity contribution in [3.8, 4) is 5.88 Å². The maximum absolute atomic E-state index is 12.8. The highest BCUT2D eigenvalue weighted by Crippen LogP contribution is 2.28. The predicted molar refractivity (Wildman–Crippen MR) is 262 cm³/mol. The third-order valence-electron chi connectivity index (χ3n) is 13.7. The van der Waals surface area contributed by atoms with Crippen molar-refractivity contribution in [1.29, 1.82) is 10.8 Å². The molecule has 2 aliphatic heterocycles. The van der Waals surface area contributed by atoms with Gasteiger partial charge in [-0.15, -0.1) is 0 Å². The number of pyridine rings is 2. The summed E-state index contributed by atoms with van der Waals surface area (Å²) >= 11 is 0. The number of likely N-dealkylation sites (tertiary alicyclic amines) is 2. The van der Waals surface area contributed by atoms with Crippen LogP contribution < -0.4 is 31.3 Å². The second-order valence-corrected chi connectivity index (χ2v) is 19.5. The maximum atomic E-state index is 12.8. The number of nitrogens with two attached hydrogens (primary N) is 1. The number of carbonyl (C=O) groups excluding carboxylic acids is 2. The van der Waals surface area contributed by atoms with Crippen molar-refractivity contribution in [3.05, 3.63) is 35.4 Å². The number of piperidine rings is 2. The van der Waals surface area contributed by atoms with Gasteiger partial charge in [-0.25, -0.2) is 4.98 Å². The van der Waals surface area contributed by atoms with Gasteiger partial charge in [-0.1, -0.05) is 72.6 Å². The molecule has 1 atom stereocenters. The first-order valence-electron chi connectivity index (χ1n) is 24.9. The van der Waals surface area contributed by atoms with Crippen LogP contribution in [0.5, 0.6) is 5.88 Å². The summed E-state index contributed by atoms with van der Waals surface area (Å²) in [6.45, 7) is 16.0. The smallest absolute Gasteiger partial charge is 0.270 e. The van der Waals surface area contributed by atoms with E-state index >= 15 is 0 Å². The number of nitrogen functional groups attached to an aromatic ring is 1. The minimum absolute atomic E-state index is 0.0236. The van der Waals surface area contributed by atoms with Crippen LogP contribution in [-0.2, 0) is 9.59 Å². The van der Waals surface area contributed by atoms with E-state index in [2.05, 4.69) is 68.3 Å². The van der Waals surface area contributed by atoms with Gasteiger partial charge >= 0.3 is 0 Å². The van der Waals surface area contributed by atoms with Crippen molar-refractivity contribution in [2.75, 3.05) is 75.9 Å². The van der Waals surface area contributed by atoms with E-state index in [1.165, 1.54) is 77.3 Å². The number of aromatic nitrogens is 2. The molecule has 0 aromatic carbocycles. The fourth-order valence-corrected chi connectivity index (χ4v) is 10.0. The second-order valence-electron chi connectivity index (χ2n) is 19.5. The Morgan fingerprint density at radius 3 is 1.72 bits per heavy atom. The first kappa shape index (κ1) is 50.7. The molecular weight excluding hydrogens is 803 g/mol. The Bertz CT molecular complexity index is 1780. The number of rotatable bonds is 19. The summed E-state index contributed by atoms with van der Waals surface area (Å²) in [5.74, 6) is 3.57. The lowest BCUT2D eigenvalue weighted by atomic mass is 9.88. The van der Waals surface area contributed by atoms with Crippen LogP contribution in [0.15, 0.2) is 24.3 Å². The van der Waals surface area contributed by atoms with Crippen LogP contribution in [0.1, 0.15) is 148 Å². The third kappa shape index (κ3) is 15.7. The van der Waals surface area contributed by atoms with E-state index in [0.717, 1.165) is 95.3 Å². The van der Waals surface area contributed by atoms with Gasteiger partial charge in [-0.05, 0) is 100 Å². The van der Waals surface area contributed by atoms with E-state index in [1.807, 2.05) is 19.2 Å². The summed E-state index contributed by atoms with van der Waals surface area (Å²) in [6.07, 6.45) is 20.6. The minimum Gasteiger partial charge on any atom is -0.474 e. The van der Waals surface area contributed by atoms with Crippen LogP contribution in [0.3, 0.4) is 0 Å². The fraction of sp³-hybridized carbons (Fsp3) is 0.720. The highest BCUT2D eigenvalue weighted by Gasteiger charge is 2.28. The summed E-state index contributed by atoms with van der Waals surface area (Å²) in [6, 6.07) is 7.36. The summed E-state index contributed by atoms with van der Waals surface area (Å²) in [4.78, 5) is 41.7. The minimum atomic E-state index is -0.379. The lowest BCUT2D eigenvalue weighted by molar-refractivity contribution is -0.116. The highest BCUT2D eigenvalue weighted by atomic mass is 16.5. The quantitative estimate of drug-likeness (QED) is 0.0758. The van der Waals surface area contributed by atoms with Crippen molar-refractivity contribution in [1.82, 2.24) is 30.4 Å². The van der Waals surface area contributed by atoms with Gasteiger partial charge in [0.05, 0.1) is 0 Å². The molecule has 14 nitrogen and oxygen atoms in total. The molecule has 0 bridgehead atoms. The first-order valence-corrected chi connectivity index (χ1v) is 24.9. The molecule has 64 heavy (non-hydrogen) atoms. The van der Waals surface area contributed by atoms with Crippen LogP contribution in [0.4, 0.5) is 17.5 Å². The van der Waals surface area contributed by atoms with Crippen LogP contribution >= 0.6 is 0 Å². The Balaban J connectivity index is 0.000000241. The van der Waals surface area contributed by atoms with Crippen LogP contribution in [0.25, 0.3) is 0 Å². The maximum Gasteiger partial charge on any atom is 0.270 e. The normalized spacial score (nSPS) is 19.0. The average Bonchev–Trinajstić information content (AvgIpc) is 3.30. The number of ether oxygens (including phenoxy) is 1. The molecule has 0 radical (unpaired) electrons. The van der Waals surface area contributed by atoms with Crippen LogP contribution in [0.2, 0.25) is 0 Å². The van der Waals surface area contributed by atoms with E-state index in [-0.39, 0.29) is 47.2 Å². The molecule has 0 spiro atoms. The lowest BCUT2D eigenvalue weighted by Gasteiger charge is -2.35. The Morgan fingerprint density at radius 1 is 0.766 bits per heavy atom. The standard InChI is InChI=1S/C25H42N6O.C25H41N5O2/c1-18(2)16-30(4)22-11-10-21(24(27-3)29-22)23(26)25(32)28-20-12-14-31(15-13-20)17-19-8-6-5-7-9-19;1-3-8-20(4-2)32-22-12-11-21(24(27)29-22)23(26)25(31)28-19-13-15-30(16-14-19)17-18-9-6-5-7-10-18/h10-11,18-20,26H,5-9,12-17H2,1-4H3,(H,27,29)(H,28,32);11-12,18-20,26H,3-10,13-17H2,1-2H3,(H2,27,29)(H,28,31). The summed E-state index contributed by atoms with van der Waals surface area (Å²) < 4.78 is 5.90. The van der Waals surface area contributed by atoms with Gasteiger partial charge < -0.3 is 41.1 Å². The number of nitrogens with zero attached hydrogens (tertiary/aromatic N) is 5. The molecule has 2 aromatic heterocycles. The molecule has 1 unspecified atom stereocenters. The predicted octanol–water partition coefficient (Wildman–Crippen LogP) is 7.89. The van der Waals surface area contributed by atoms with Crippen LogP contribution in [-0.4, -0.2) is 121 Å². The molecular formula is C50H83N11O3. The molecule has 7 N–H and O–H groups in total. The Hall–Kier alpha value is -4.30. The zero-order valence-corrected chi connectivity index (χ0v) is 40.3. The second kappa shape index (κ2) is 26.0. The monoisotopic (exact) mass is 886 g/mol. The number of carbonyl (C=O) groups is 2. The van der Waals surface area contributed by atoms with Gasteiger partial charge in [-0.2, -0.15) is 4.98 Å². The van der Waals surface area contributed by atoms with Crippen molar-refractivity contribution in [2.45, 2.75) is 155 Å². The number of nitrogens with one attached hydrogen (secondary N) is 5. The SMILES string of the molecule is CCCC(CC)Oc1ccc(C(=N)C(=O)NC2CCN(CC3CCCCC3)CC2)c(N)n1.CNc1nc(N(C)CC(C)C)ccc1C(=N)C(=O)NC1CCN(CC2CCCCC2)CC1. The van der Waals surface area contributed by atoms with E-state index in [9.17, 15) is 9.59 Å². The van der Waals surface area contributed by atoms with E-state index < -0.39 is 0 Å². The van der Waals surface area contributed by atoms with E-state index in [0.29, 0.717) is 28.7 Å². The molecule has 4 fully saturated rings. The molecule has 14 heteroatoms. The summed E-state index contributed by atoms with van der Waals surface area (Å²) in [7, 11) is 3.80. The first-order chi connectivity index (χ1) is 30.9. The zero-order valence-electron chi connectivity index (χ0n) is 40.3. The number of hydrogen-bond donors (Lipinski definition) is 6. The number of amides is 2. The van der Waals surface area contributed by atoms with Gasteiger partial charge in [0.15, 0.2) is 0 Å². The summed E-state index contributed by atoms with van der Waals surface area (Å²) in [5.41, 5.74) is 6.81. The van der Waals surface area contributed by atoms with Gasteiger partial charge in [0.2, 0.25) is 5.88 Å². The van der Waals surface area contributed by atoms with Gasteiger partial charge in [0.25, 0.3) is 11.8 Å². The molecule has 356 valence electrons. The van der Waals surface area contributed by atoms with E-state index in [1.54, 1.807) is 19.2 Å². The number of hydrogen-bond acceptors (Lipinski definition) is 12. The van der Waals surface area contributed by atoms with Gasteiger partial charge in [0.1, 0.15) is 35.0 Å². The Labute approximate surface area is 385 Å². The molecule has 2 saturated carbocycles. The molecule has 6 rings (SSSR count). The summed E-state index contributed by atoms with van der Waals surface area (Å²) in [5, 5.41) is 26.0. The molecule has 2 aromatic rings. The highest BCUT2D eigenvalue weighted by molar-refractivity contribution is 6.45. The molecule has 4 heterocycles. The van der Waals surface area contributed by atoms with E-state index in [4.69, 9.17) is 21.3 Å².